The summed E-state index contributed by atoms with van der Waals surface area (Å²) in [4.78, 5) is 15.2. The number of carbonyl (C=O) groups excluding carboxylic acids is 1. The van der Waals surface area contributed by atoms with E-state index in [0.29, 0.717) is 6.54 Å². The summed E-state index contributed by atoms with van der Waals surface area (Å²) in [5, 5.41) is 3.17. The molecule has 1 amide bonds. The van der Waals surface area contributed by atoms with Crippen molar-refractivity contribution in [3.63, 3.8) is 0 Å². The third-order valence-electron chi connectivity index (χ3n) is 5.48. The van der Waals surface area contributed by atoms with Crippen LogP contribution in [0.15, 0.2) is 23.1 Å². The van der Waals surface area contributed by atoms with Gasteiger partial charge in [-0.3, -0.25) is 9.69 Å². The highest BCUT2D eigenvalue weighted by atomic mass is 35.5. The van der Waals surface area contributed by atoms with E-state index in [1.54, 1.807) is 13.8 Å². The molecule has 1 aromatic carbocycles. The molecule has 1 aliphatic rings. The van der Waals surface area contributed by atoms with Gasteiger partial charge in [0.1, 0.15) is 0 Å². The molecule has 1 N–H and O–H groups in total. The number of sulfonamides is 1. The van der Waals surface area contributed by atoms with Gasteiger partial charge in [-0.2, -0.15) is 4.31 Å². The van der Waals surface area contributed by atoms with Gasteiger partial charge in [0.25, 0.3) is 5.91 Å². The number of hydrogen-bond acceptors (Lipinski definition) is 4. The summed E-state index contributed by atoms with van der Waals surface area (Å²) >= 11 is 6.20. The predicted molar refractivity (Wildman–Crippen MR) is 113 cm³/mol. The van der Waals surface area contributed by atoms with E-state index in [4.69, 9.17) is 11.6 Å². The summed E-state index contributed by atoms with van der Waals surface area (Å²) in [6, 6.07) is 4.07. The number of amides is 1. The Morgan fingerprint density at radius 2 is 1.86 bits per heavy atom. The summed E-state index contributed by atoms with van der Waals surface area (Å²) in [5.74, 6) is -0.362. The molecule has 28 heavy (non-hydrogen) atoms. The van der Waals surface area contributed by atoms with Crippen molar-refractivity contribution in [2.24, 2.45) is 0 Å². The van der Waals surface area contributed by atoms with Crippen molar-refractivity contribution in [1.29, 1.82) is 0 Å². The summed E-state index contributed by atoms with van der Waals surface area (Å²) in [5.41, 5.74) is -0.00117. The Bertz CT molecular complexity index is 803. The molecule has 0 aromatic heterocycles. The molecule has 1 saturated heterocycles. The summed E-state index contributed by atoms with van der Waals surface area (Å²) in [6.45, 7) is 10.3. The van der Waals surface area contributed by atoms with Gasteiger partial charge >= 0.3 is 0 Å². The standard InChI is InChI=1S/C20H32ClN3O3S/c1-15(2)23(5)28(26,27)16-9-10-18(21)17(13-16)19(25)22-14-20(3,4)24-11-7-6-8-12-24/h9-10,13,15H,6-8,11-12,14H2,1-5H3,(H,22,25). The molecule has 158 valence electrons. The number of rotatable bonds is 7. The van der Waals surface area contributed by atoms with Gasteiger partial charge in [-0.25, -0.2) is 8.42 Å². The number of piperidine rings is 1. The van der Waals surface area contributed by atoms with Crippen molar-refractivity contribution in [2.45, 2.75) is 63.4 Å². The molecule has 0 atom stereocenters. The zero-order valence-electron chi connectivity index (χ0n) is 17.5. The number of nitrogens with zero attached hydrogens (tertiary/aromatic N) is 2. The fraction of sp³-hybridized carbons (Fsp3) is 0.650. The van der Waals surface area contributed by atoms with E-state index in [1.807, 2.05) is 0 Å². The molecule has 1 heterocycles. The van der Waals surface area contributed by atoms with Crippen molar-refractivity contribution >= 4 is 27.5 Å². The van der Waals surface area contributed by atoms with Crippen molar-refractivity contribution in [3.8, 4) is 0 Å². The largest absolute Gasteiger partial charge is 0.350 e. The molecule has 2 rings (SSSR count). The van der Waals surface area contributed by atoms with E-state index >= 15 is 0 Å². The van der Waals surface area contributed by atoms with Gasteiger partial charge in [-0.15, -0.1) is 0 Å². The number of hydrogen-bond donors (Lipinski definition) is 1. The molecular formula is C20H32ClN3O3S. The average molecular weight is 430 g/mol. The fourth-order valence-electron chi connectivity index (χ4n) is 3.29. The van der Waals surface area contributed by atoms with E-state index in [0.717, 1.165) is 13.1 Å². The van der Waals surface area contributed by atoms with Crippen LogP contribution in [0.1, 0.15) is 57.3 Å². The van der Waals surface area contributed by atoms with Crippen LogP contribution in [0.25, 0.3) is 0 Å². The zero-order valence-corrected chi connectivity index (χ0v) is 19.0. The Morgan fingerprint density at radius 3 is 2.43 bits per heavy atom. The molecule has 6 nitrogen and oxygen atoms in total. The predicted octanol–water partition coefficient (Wildman–Crippen LogP) is 3.36. The SMILES string of the molecule is CC(C)N(C)S(=O)(=O)c1ccc(Cl)c(C(=O)NCC(C)(C)N2CCCCC2)c1. The van der Waals surface area contributed by atoms with Crippen LogP contribution in [0.3, 0.4) is 0 Å². The Balaban J connectivity index is 2.17. The number of carbonyl (C=O) groups is 1. The third kappa shape index (κ3) is 5.26. The Morgan fingerprint density at radius 1 is 1.25 bits per heavy atom. The normalized spacial score (nSPS) is 16.6. The molecule has 0 unspecified atom stereocenters. The summed E-state index contributed by atoms with van der Waals surface area (Å²) in [6.07, 6.45) is 3.60. The average Bonchev–Trinajstić information content (AvgIpc) is 2.66. The second kappa shape index (κ2) is 9.11. The van der Waals surface area contributed by atoms with E-state index in [2.05, 4.69) is 24.1 Å². The van der Waals surface area contributed by atoms with Gasteiger partial charge in [-0.05, 0) is 71.8 Å². The molecule has 0 aliphatic carbocycles. The van der Waals surface area contributed by atoms with E-state index < -0.39 is 10.0 Å². The first kappa shape index (κ1) is 23.1. The van der Waals surface area contributed by atoms with Gasteiger partial charge in [0.05, 0.1) is 15.5 Å². The van der Waals surface area contributed by atoms with Gasteiger partial charge in [0.2, 0.25) is 10.0 Å². The molecule has 1 aromatic rings. The van der Waals surface area contributed by atoms with Crippen molar-refractivity contribution in [2.75, 3.05) is 26.7 Å². The molecule has 8 heteroatoms. The monoisotopic (exact) mass is 429 g/mol. The quantitative estimate of drug-likeness (QED) is 0.721. The van der Waals surface area contributed by atoms with Crippen LogP contribution < -0.4 is 5.32 Å². The molecular weight excluding hydrogens is 398 g/mol. The van der Waals surface area contributed by atoms with Crippen LogP contribution in [0.5, 0.6) is 0 Å². The van der Waals surface area contributed by atoms with E-state index in [9.17, 15) is 13.2 Å². The molecule has 1 fully saturated rings. The Labute approximate surface area is 174 Å². The van der Waals surface area contributed by atoms with Crippen LogP contribution >= 0.6 is 11.6 Å². The van der Waals surface area contributed by atoms with Gasteiger partial charge in [-0.1, -0.05) is 18.0 Å². The third-order valence-corrected chi connectivity index (χ3v) is 7.84. The van der Waals surface area contributed by atoms with Crippen LogP contribution in [0.4, 0.5) is 0 Å². The molecule has 0 spiro atoms. The van der Waals surface area contributed by atoms with Gasteiger partial charge in [0, 0.05) is 25.2 Å². The highest BCUT2D eigenvalue weighted by molar-refractivity contribution is 7.89. The molecule has 0 bridgehead atoms. The Hall–Kier alpha value is -1.15. The first-order valence-electron chi connectivity index (χ1n) is 9.77. The minimum Gasteiger partial charge on any atom is -0.350 e. The molecule has 0 radical (unpaired) electrons. The lowest BCUT2D eigenvalue weighted by Gasteiger charge is -2.41. The zero-order chi connectivity index (χ0) is 21.1. The van der Waals surface area contributed by atoms with Gasteiger partial charge < -0.3 is 5.32 Å². The van der Waals surface area contributed by atoms with Gasteiger partial charge in [0.15, 0.2) is 0 Å². The van der Waals surface area contributed by atoms with Crippen molar-refractivity contribution < 1.29 is 13.2 Å². The maximum absolute atomic E-state index is 12.8. The van der Waals surface area contributed by atoms with Crippen LogP contribution in [0.2, 0.25) is 5.02 Å². The summed E-state index contributed by atoms with van der Waals surface area (Å²) < 4.78 is 26.7. The first-order chi connectivity index (χ1) is 13.0. The summed E-state index contributed by atoms with van der Waals surface area (Å²) in [7, 11) is -2.16. The van der Waals surface area contributed by atoms with E-state index in [-0.39, 0.29) is 33.0 Å². The highest BCUT2D eigenvalue weighted by Crippen LogP contribution is 2.24. The topological polar surface area (TPSA) is 69.7 Å². The van der Waals surface area contributed by atoms with Crippen LogP contribution in [-0.2, 0) is 10.0 Å². The van der Waals surface area contributed by atoms with Crippen LogP contribution in [0, 0.1) is 0 Å². The van der Waals surface area contributed by atoms with Crippen LogP contribution in [-0.4, -0.2) is 61.8 Å². The molecule has 1 aliphatic heterocycles. The Kier molecular flexibility index (Phi) is 7.53. The highest BCUT2D eigenvalue weighted by Gasteiger charge is 2.29. The maximum atomic E-state index is 12.8. The van der Waals surface area contributed by atoms with E-state index in [1.165, 1.54) is 48.8 Å². The lowest BCUT2D eigenvalue weighted by molar-refractivity contribution is 0.0797. The van der Waals surface area contributed by atoms with Crippen molar-refractivity contribution in [3.05, 3.63) is 28.8 Å². The number of benzene rings is 1. The number of halogens is 1. The first-order valence-corrected chi connectivity index (χ1v) is 11.6. The second-order valence-electron chi connectivity index (χ2n) is 8.30. The number of nitrogens with one attached hydrogen (secondary N) is 1. The minimum atomic E-state index is -3.69. The molecule has 0 saturated carbocycles. The fourth-order valence-corrected chi connectivity index (χ4v) is 4.88. The minimum absolute atomic E-state index is 0.0635. The lowest BCUT2D eigenvalue weighted by atomic mass is 9.98. The maximum Gasteiger partial charge on any atom is 0.252 e. The smallest absolute Gasteiger partial charge is 0.252 e. The number of likely N-dealkylation sites (tertiary alicyclic amines) is 1. The lowest BCUT2D eigenvalue weighted by Crippen LogP contribution is -2.53. The van der Waals surface area contributed by atoms with Crippen molar-refractivity contribution in [1.82, 2.24) is 14.5 Å². The second-order valence-corrected chi connectivity index (χ2v) is 10.7.